The minimum absolute atomic E-state index is 0.00714. The van der Waals surface area contributed by atoms with Crippen molar-refractivity contribution in [2.45, 2.75) is 45.1 Å². The zero-order valence-corrected chi connectivity index (χ0v) is 14.0. The number of carbonyl (C=O) groups is 1. The van der Waals surface area contributed by atoms with Gasteiger partial charge in [0, 0.05) is 18.3 Å². The van der Waals surface area contributed by atoms with Crippen LogP contribution in [-0.4, -0.2) is 28.4 Å². The highest BCUT2D eigenvalue weighted by Gasteiger charge is 2.27. The molecule has 2 aromatic rings. The molecular weight excluding hydrogens is 303 g/mol. The number of carbonyl (C=O) groups excluding carboxylic acids is 1. The number of rotatable bonds is 5. The van der Waals surface area contributed by atoms with Crippen molar-refractivity contribution in [1.29, 1.82) is 0 Å². The molecule has 1 amide bonds. The lowest BCUT2D eigenvalue weighted by Crippen LogP contribution is -2.40. The Morgan fingerprint density at radius 2 is 1.88 bits per heavy atom. The van der Waals surface area contributed by atoms with Crippen molar-refractivity contribution in [2.24, 2.45) is 0 Å². The third-order valence-corrected chi connectivity index (χ3v) is 4.69. The average Bonchev–Trinajstić information content (AvgIpc) is 3.11. The van der Waals surface area contributed by atoms with Crippen LogP contribution in [0.2, 0.25) is 0 Å². The second kappa shape index (κ2) is 7.56. The van der Waals surface area contributed by atoms with Gasteiger partial charge in [-0.2, -0.15) is 0 Å². The number of hydrogen-bond acceptors (Lipinski definition) is 2. The fourth-order valence-corrected chi connectivity index (χ4v) is 3.38. The van der Waals surface area contributed by atoms with Crippen LogP contribution >= 0.6 is 0 Å². The fraction of sp³-hybridized carbons (Fsp3) is 0.400. The van der Waals surface area contributed by atoms with Crippen molar-refractivity contribution in [3.05, 3.63) is 65.2 Å². The monoisotopic (exact) mass is 326 g/mol. The van der Waals surface area contributed by atoms with Crippen LogP contribution in [0, 0.1) is 12.7 Å². The average molecular weight is 326 g/mol. The first-order valence-corrected chi connectivity index (χ1v) is 8.62. The molecule has 1 aromatic heterocycles. The van der Waals surface area contributed by atoms with E-state index >= 15 is 0 Å². The first-order valence-electron chi connectivity index (χ1n) is 8.62. The van der Waals surface area contributed by atoms with Gasteiger partial charge in [0.1, 0.15) is 11.5 Å². The van der Waals surface area contributed by atoms with Crippen LogP contribution in [-0.2, 0) is 6.42 Å². The molecule has 0 saturated heterocycles. The molecule has 1 aromatic carbocycles. The summed E-state index contributed by atoms with van der Waals surface area (Å²) >= 11 is 0. The van der Waals surface area contributed by atoms with Gasteiger partial charge in [-0.15, -0.1) is 0 Å². The van der Waals surface area contributed by atoms with E-state index in [1.165, 1.54) is 25.0 Å². The molecule has 0 bridgehead atoms. The molecule has 126 valence electrons. The van der Waals surface area contributed by atoms with Crippen molar-refractivity contribution in [3.63, 3.8) is 0 Å². The SMILES string of the molecule is Cc1cccc(C(=O)N(CCc2ccc(F)cc2)C2CCCC2)n1. The molecule has 0 N–H and O–H groups in total. The smallest absolute Gasteiger partial charge is 0.272 e. The van der Waals surface area contributed by atoms with E-state index in [4.69, 9.17) is 0 Å². The predicted octanol–water partition coefficient (Wildman–Crippen LogP) is 4.16. The summed E-state index contributed by atoms with van der Waals surface area (Å²) in [6.07, 6.45) is 5.19. The zero-order chi connectivity index (χ0) is 16.9. The normalized spacial score (nSPS) is 14.8. The lowest BCUT2D eigenvalue weighted by molar-refractivity contribution is 0.0677. The third kappa shape index (κ3) is 3.99. The molecule has 24 heavy (non-hydrogen) atoms. The molecule has 3 nitrogen and oxygen atoms in total. The van der Waals surface area contributed by atoms with Gasteiger partial charge >= 0.3 is 0 Å². The van der Waals surface area contributed by atoms with Gasteiger partial charge in [0.25, 0.3) is 5.91 Å². The van der Waals surface area contributed by atoms with Crippen molar-refractivity contribution in [2.75, 3.05) is 6.54 Å². The summed E-state index contributed by atoms with van der Waals surface area (Å²) in [6.45, 7) is 2.54. The molecule has 0 atom stereocenters. The van der Waals surface area contributed by atoms with Crippen LogP contribution in [0.3, 0.4) is 0 Å². The summed E-state index contributed by atoms with van der Waals surface area (Å²) < 4.78 is 13.0. The quantitative estimate of drug-likeness (QED) is 0.827. The summed E-state index contributed by atoms with van der Waals surface area (Å²) in [6, 6.07) is 12.4. The molecule has 1 aliphatic rings. The first kappa shape index (κ1) is 16.6. The third-order valence-electron chi connectivity index (χ3n) is 4.69. The van der Waals surface area contributed by atoms with Gasteiger partial charge in [-0.3, -0.25) is 4.79 Å². The molecule has 3 rings (SSSR count). The number of halogens is 1. The Kier molecular flexibility index (Phi) is 5.24. The van der Waals surface area contributed by atoms with Gasteiger partial charge in [-0.1, -0.05) is 31.0 Å². The second-order valence-corrected chi connectivity index (χ2v) is 6.48. The van der Waals surface area contributed by atoms with Crippen LogP contribution in [0.25, 0.3) is 0 Å². The van der Waals surface area contributed by atoms with Gasteiger partial charge in [-0.25, -0.2) is 9.37 Å². The number of benzene rings is 1. The molecule has 0 aliphatic heterocycles. The van der Waals surface area contributed by atoms with E-state index in [1.807, 2.05) is 24.0 Å². The maximum absolute atomic E-state index is 13.0. The van der Waals surface area contributed by atoms with Crippen LogP contribution < -0.4 is 0 Å². The second-order valence-electron chi connectivity index (χ2n) is 6.48. The molecule has 1 aliphatic carbocycles. The Bertz CT molecular complexity index is 693. The first-order chi connectivity index (χ1) is 11.6. The standard InChI is InChI=1S/C20H23FN2O/c1-15-5-4-8-19(22-15)20(24)23(18-6-2-3-7-18)14-13-16-9-11-17(21)12-10-16/h4-5,8-12,18H,2-3,6-7,13-14H2,1H3. The Hall–Kier alpha value is -2.23. The molecule has 0 radical (unpaired) electrons. The van der Waals surface area contributed by atoms with Crippen molar-refractivity contribution in [3.8, 4) is 0 Å². The van der Waals surface area contributed by atoms with Crippen molar-refractivity contribution >= 4 is 5.91 Å². The van der Waals surface area contributed by atoms with Gasteiger partial charge in [-0.05, 0) is 56.0 Å². The molecule has 1 heterocycles. The molecule has 0 spiro atoms. The maximum Gasteiger partial charge on any atom is 0.272 e. The number of nitrogens with zero attached hydrogens (tertiary/aromatic N) is 2. The number of pyridine rings is 1. The summed E-state index contributed by atoms with van der Waals surface area (Å²) in [5, 5.41) is 0. The van der Waals surface area contributed by atoms with Gasteiger partial charge in [0.05, 0.1) is 0 Å². The minimum atomic E-state index is -0.230. The van der Waals surface area contributed by atoms with E-state index in [0.29, 0.717) is 18.3 Å². The summed E-state index contributed by atoms with van der Waals surface area (Å²) in [4.78, 5) is 19.3. The number of hydrogen-bond donors (Lipinski definition) is 0. The van der Waals surface area contributed by atoms with Crippen LogP contribution in [0.5, 0.6) is 0 Å². The Morgan fingerprint density at radius 1 is 1.17 bits per heavy atom. The highest BCUT2D eigenvalue weighted by Crippen LogP contribution is 2.25. The molecule has 4 heteroatoms. The van der Waals surface area contributed by atoms with E-state index in [9.17, 15) is 9.18 Å². The van der Waals surface area contributed by atoms with Crippen molar-refractivity contribution < 1.29 is 9.18 Å². The molecule has 1 saturated carbocycles. The van der Waals surface area contributed by atoms with Gasteiger partial charge in [0.15, 0.2) is 0 Å². The van der Waals surface area contributed by atoms with Crippen LogP contribution in [0.4, 0.5) is 4.39 Å². The Labute approximate surface area is 142 Å². The summed E-state index contributed by atoms with van der Waals surface area (Å²) in [5.74, 6) is -0.223. The van der Waals surface area contributed by atoms with Crippen LogP contribution in [0.15, 0.2) is 42.5 Å². The molecular formula is C20H23FN2O. The maximum atomic E-state index is 13.0. The van der Waals surface area contributed by atoms with Crippen LogP contribution in [0.1, 0.15) is 47.4 Å². The van der Waals surface area contributed by atoms with E-state index < -0.39 is 0 Å². The number of aromatic nitrogens is 1. The van der Waals surface area contributed by atoms with Gasteiger partial charge in [0.2, 0.25) is 0 Å². The number of aryl methyl sites for hydroxylation is 1. The topological polar surface area (TPSA) is 33.2 Å². The summed E-state index contributed by atoms with van der Waals surface area (Å²) in [7, 11) is 0. The lowest BCUT2D eigenvalue weighted by atomic mass is 10.1. The number of amides is 1. The predicted molar refractivity (Wildman–Crippen MR) is 92.4 cm³/mol. The highest BCUT2D eigenvalue weighted by atomic mass is 19.1. The zero-order valence-electron chi connectivity index (χ0n) is 14.0. The molecule has 0 unspecified atom stereocenters. The largest absolute Gasteiger partial charge is 0.334 e. The minimum Gasteiger partial charge on any atom is -0.334 e. The fourth-order valence-electron chi connectivity index (χ4n) is 3.38. The van der Waals surface area contributed by atoms with E-state index in [0.717, 1.165) is 30.5 Å². The molecule has 1 fully saturated rings. The highest BCUT2D eigenvalue weighted by molar-refractivity contribution is 5.92. The lowest BCUT2D eigenvalue weighted by Gasteiger charge is -2.29. The summed E-state index contributed by atoms with van der Waals surface area (Å²) in [5.41, 5.74) is 2.41. The van der Waals surface area contributed by atoms with E-state index in [1.54, 1.807) is 18.2 Å². The van der Waals surface area contributed by atoms with Gasteiger partial charge < -0.3 is 4.90 Å². The Morgan fingerprint density at radius 3 is 2.54 bits per heavy atom. The van der Waals surface area contributed by atoms with E-state index in [2.05, 4.69) is 4.98 Å². The van der Waals surface area contributed by atoms with E-state index in [-0.39, 0.29) is 11.7 Å². The van der Waals surface area contributed by atoms with Crippen molar-refractivity contribution in [1.82, 2.24) is 9.88 Å². The Balaban J connectivity index is 1.75.